The predicted octanol–water partition coefficient (Wildman–Crippen LogP) is 3.23. The minimum Gasteiger partial charge on any atom is -0.493 e. The van der Waals surface area contributed by atoms with Crippen LogP contribution in [-0.2, 0) is 13.0 Å². The molecule has 0 radical (unpaired) electrons. The molecule has 2 heterocycles. The van der Waals surface area contributed by atoms with Crippen molar-refractivity contribution in [3.63, 3.8) is 0 Å². The first-order valence-electron chi connectivity index (χ1n) is 6.58. The summed E-state index contributed by atoms with van der Waals surface area (Å²) in [4.78, 5) is 4.32. The van der Waals surface area contributed by atoms with Crippen LogP contribution in [0.25, 0.3) is 0 Å². The predicted molar refractivity (Wildman–Crippen MR) is 83.4 cm³/mol. The Morgan fingerprint density at radius 3 is 3.25 bits per heavy atom. The van der Waals surface area contributed by atoms with Gasteiger partial charge in [-0.25, -0.2) is 4.98 Å². The number of halogens is 1. The van der Waals surface area contributed by atoms with Crippen LogP contribution >= 0.6 is 15.9 Å². The quantitative estimate of drug-likeness (QED) is 0.854. The summed E-state index contributed by atoms with van der Waals surface area (Å²) in [5, 5.41) is 3.23. The molecule has 104 valence electrons. The molecule has 0 spiro atoms. The second-order valence-electron chi connectivity index (χ2n) is 4.70. The number of nitrogens with one attached hydrogen (secondary N) is 1. The fourth-order valence-corrected chi connectivity index (χ4v) is 2.97. The van der Waals surface area contributed by atoms with Gasteiger partial charge in [0.05, 0.1) is 13.2 Å². The third-order valence-corrected chi connectivity index (χ3v) is 3.74. The van der Waals surface area contributed by atoms with E-state index in [0.29, 0.717) is 6.54 Å². The Morgan fingerprint density at radius 1 is 1.50 bits per heavy atom. The molecule has 0 aliphatic carbocycles. The third kappa shape index (κ3) is 2.58. The molecule has 0 amide bonds. The molecule has 1 aromatic carbocycles. The summed E-state index contributed by atoms with van der Waals surface area (Å²) in [6.07, 6.45) is 6.56. The van der Waals surface area contributed by atoms with Crippen molar-refractivity contribution < 1.29 is 4.74 Å². The molecule has 1 N–H and O–H groups in total. The van der Waals surface area contributed by atoms with Crippen LogP contribution in [0, 0.1) is 0 Å². The maximum atomic E-state index is 5.76. The molecule has 4 nitrogen and oxygen atoms in total. The fourth-order valence-electron chi connectivity index (χ4n) is 2.41. The summed E-state index contributed by atoms with van der Waals surface area (Å²) in [5.41, 5.74) is 2.45. The first kappa shape index (κ1) is 13.2. The number of hydrogen-bond acceptors (Lipinski definition) is 3. The average molecular weight is 334 g/mol. The van der Waals surface area contributed by atoms with Gasteiger partial charge >= 0.3 is 0 Å². The number of aromatic nitrogens is 2. The van der Waals surface area contributed by atoms with Crippen molar-refractivity contribution in [3.8, 4) is 5.75 Å². The zero-order valence-corrected chi connectivity index (χ0v) is 12.7. The molecule has 1 aromatic heterocycles. The maximum absolute atomic E-state index is 5.76. The molecule has 0 bridgehead atoms. The largest absolute Gasteiger partial charge is 0.493 e. The van der Waals surface area contributed by atoms with Gasteiger partial charge in [-0.1, -0.05) is 22.0 Å². The standard InChI is InChI=1S/C15H16BrN3O/c1-2-4-17-15-18-5-6-19(15)10-12-9-13(16)8-11-3-7-20-14(11)12/h2,5-6,8-9H,1,3-4,7,10H2,(H,17,18). The van der Waals surface area contributed by atoms with E-state index >= 15 is 0 Å². The summed E-state index contributed by atoms with van der Waals surface area (Å²) in [7, 11) is 0. The average Bonchev–Trinajstić information content (AvgIpc) is 3.05. The first-order valence-corrected chi connectivity index (χ1v) is 7.37. The number of imidazole rings is 1. The molecule has 0 atom stereocenters. The van der Waals surface area contributed by atoms with Crippen LogP contribution in [0.1, 0.15) is 11.1 Å². The normalized spacial score (nSPS) is 12.8. The Morgan fingerprint density at radius 2 is 2.40 bits per heavy atom. The van der Waals surface area contributed by atoms with Gasteiger partial charge in [-0.2, -0.15) is 0 Å². The second-order valence-corrected chi connectivity index (χ2v) is 5.62. The number of nitrogens with zero attached hydrogens (tertiary/aromatic N) is 2. The van der Waals surface area contributed by atoms with Crippen LogP contribution in [0.4, 0.5) is 5.95 Å². The Labute approximate surface area is 126 Å². The molecule has 3 rings (SSSR count). The molecular weight excluding hydrogens is 318 g/mol. The van der Waals surface area contributed by atoms with Gasteiger partial charge < -0.3 is 14.6 Å². The molecule has 5 heteroatoms. The lowest BCUT2D eigenvalue weighted by Crippen LogP contribution is -2.08. The molecule has 2 aromatic rings. The van der Waals surface area contributed by atoms with Crippen molar-refractivity contribution in [3.05, 3.63) is 52.8 Å². The van der Waals surface area contributed by atoms with E-state index in [1.165, 1.54) is 11.1 Å². The van der Waals surface area contributed by atoms with Gasteiger partial charge in [-0.05, 0) is 17.7 Å². The lowest BCUT2D eigenvalue weighted by molar-refractivity contribution is 0.352. The number of benzene rings is 1. The monoisotopic (exact) mass is 333 g/mol. The van der Waals surface area contributed by atoms with Crippen molar-refractivity contribution >= 4 is 21.9 Å². The lowest BCUT2D eigenvalue weighted by Gasteiger charge is -2.12. The van der Waals surface area contributed by atoms with E-state index in [9.17, 15) is 0 Å². The Hall–Kier alpha value is -1.75. The van der Waals surface area contributed by atoms with Crippen molar-refractivity contribution in [1.82, 2.24) is 9.55 Å². The van der Waals surface area contributed by atoms with E-state index in [1.807, 2.05) is 12.3 Å². The van der Waals surface area contributed by atoms with Crippen LogP contribution in [0.2, 0.25) is 0 Å². The Kier molecular flexibility index (Phi) is 3.78. The van der Waals surface area contributed by atoms with Crippen LogP contribution in [0.3, 0.4) is 0 Å². The van der Waals surface area contributed by atoms with Crippen molar-refractivity contribution in [2.24, 2.45) is 0 Å². The molecule has 1 aliphatic heterocycles. The van der Waals surface area contributed by atoms with Crippen molar-refractivity contribution in [2.45, 2.75) is 13.0 Å². The van der Waals surface area contributed by atoms with Gasteiger partial charge in [0.25, 0.3) is 0 Å². The van der Waals surface area contributed by atoms with Gasteiger partial charge in [-0.3, -0.25) is 0 Å². The van der Waals surface area contributed by atoms with E-state index in [-0.39, 0.29) is 0 Å². The second kappa shape index (κ2) is 5.71. The Balaban J connectivity index is 1.88. The van der Waals surface area contributed by atoms with Gasteiger partial charge in [0.1, 0.15) is 5.75 Å². The number of anilines is 1. The number of ether oxygens (including phenoxy) is 1. The molecule has 0 unspecified atom stereocenters. The lowest BCUT2D eigenvalue weighted by atomic mass is 10.1. The van der Waals surface area contributed by atoms with Gasteiger partial charge in [-0.15, -0.1) is 6.58 Å². The molecule has 0 saturated carbocycles. The van der Waals surface area contributed by atoms with E-state index < -0.39 is 0 Å². The summed E-state index contributed by atoms with van der Waals surface area (Å²) in [6, 6.07) is 4.25. The van der Waals surface area contributed by atoms with E-state index in [4.69, 9.17) is 4.74 Å². The highest BCUT2D eigenvalue weighted by atomic mass is 79.9. The van der Waals surface area contributed by atoms with Crippen LogP contribution < -0.4 is 10.1 Å². The molecule has 20 heavy (non-hydrogen) atoms. The molecular formula is C15H16BrN3O. The number of rotatable bonds is 5. The fraction of sp³-hybridized carbons (Fsp3) is 0.267. The van der Waals surface area contributed by atoms with Crippen molar-refractivity contribution in [2.75, 3.05) is 18.5 Å². The maximum Gasteiger partial charge on any atom is 0.203 e. The van der Waals surface area contributed by atoms with Crippen LogP contribution in [0.15, 0.2) is 41.7 Å². The van der Waals surface area contributed by atoms with Gasteiger partial charge in [0, 0.05) is 35.4 Å². The van der Waals surface area contributed by atoms with Crippen LogP contribution in [-0.4, -0.2) is 22.7 Å². The highest BCUT2D eigenvalue weighted by Gasteiger charge is 2.18. The first-order chi connectivity index (χ1) is 9.78. The minimum atomic E-state index is 0.699. The van der Waals surface area contributed by atoms with E-state index in [2.05, 4.69) is 49.5 Å². The Bertz CT molecular complexity index is 636. The smallest absolute Gasteiger partial charge is 0.203 e. The minimum absolute atomic E-state index is 0.699. The zero-order valence-electron chi connectivity index (χ0n) is 11.1. The number of hydrogen-bond donors (Lipinski definition) is 1. The summed E-state index contributed by atoms with van der Waals surface area (Å²) in [5.74, 6) is 1.87. The highest BCUT2D eigenvalue weighted by Crippen LogP contribution is 2.33. The van der Waals surface area contributed by atoms with Gasteiger partial charge in [0.15, 0.2) is 0 Å². The SMILES string of the molecule is C=CCNc1nccn1Cc1cc(Br)cc2c1OCC2. The third-order valence-electron chi connectivity index (χ3n) is 3.29. The summed E-state index contributed by atoms with van der Waals surface area (Å²) < 4.78 is 8.93. The number of fused-ring (bicyclic) bond motifs is 1. The summed E-state index contributed by atoms with van der Waals surface area (Å²) >= 11 is 3.57. The highest BCUT2D eigenvalue weighted by molar-refractivity contribution is 9.10. The van der Waals surface area contributed by atoms with E-state index in [1.54, 1.807) is 6.20 Å². The van der Waals surface area contributed by atoms with Crippen molar-refractivity contribution in [1.29, 1.82) is 0 Å². The van der Waals surface area contributed by atoms with Gasteiger partial charge in [0.2, 0.25) is 5.95 Å². The van der Waals surface area contributed by atoms with E-state index in [0.717, 1.165) is 35.7 Å². The molecule has 0 saturated heterocycles. The molecule has 0 fully saturated rings. The van der Waals surface area contributed by atoms with Crippen LogP contribution in [0.5, 0.6) is 5.75 Å². The summed E-state index contributed by atoms with van der Waals surface area (Å²) in [6.45, 7) is 5.91. The molecule has 1 aliphatic rings. The topological polar surface area (TPSA) is 39.1 Å². The zero-order chi connectivity index (χ0) is 13.9.